The first-order valence-electron chi connectivity index (χ1n) is 3.88. The third-order valence-corrected chi connectivity index (χ3v) is 1.36. The fraction of sp³-hybridized carbons (Fsp3) is 0.333. The van der Waals surface area contributed by atoms with Gasteiger partial charge in [-0.2, -0.15) is 0 Å². The zero-order valence-corrected chi connectivity index (χ0v) is 6.75. The molecule has 1 radical (unpaired) electrons. The van der Waals surface area contributed by atoms with Gasteiger partial charge in [0.15, 0.2) is 0 Å². The van der Waals surface area contributed by atoms with Crippen LogP contribution in [-0.4, -0.2) is 4.98 Å². The molecule has 0 atom stereocenters. The number of aromatic nitrogens is 1. The number of nitrogens with one attached hydrogen (secondary N) is 1. The van der Waals surface area contributed by atoms with Crippen molar-refractivity contribution < 1.29 is 0 Å². The third kappa shape index (κ3) is 3.14. The van der Waals surface area contributed by atoms with Crippen LogP contribution in [0, 0.1) is 6.54 Å². The van der Waals surface area contributed by atoms with Gasteiger partial charge in [-0.1, -0.05) is 13.0 Å². The predicted octanol–water partition coefficient (Wildman–Crippen LogP) is 1.74. The Morgan fingerprint density at radius 1 is 1.55 bits per heavy atom. The SMILES string of the molecule is CC[CH]NCc1ccccn1. The Morgan fingerprint density at radius 3 is 3.09 bits per heavy atom. The summed E-state index contributed by atoms with van der Waals surface area (Å²) in [6, 6.07) is 5.93. The van der Waals surface area contributed by atoms with Crippen LogP contribution in [0.4, 0.5) is 0 Å². The van der Waals surface area contributed by atoms with Crippen molar-refractivity contribution in [3.05, 3.63) is 36.6 Å². The molecule has 11 heavy (non-hydrogen) atoms. The van der Waals surface area contributed by atoms with E-state index in [1.54, 1.807) is 0 Å². The van der Waals surface area contributed by atoms with Gasteiger partial charge in [0.2, 0.25) is 0 Å². The van der Waals surface area contributed by atoms with Crippen LogP contribution in [0.1, 0.15) is 19.0 Å². The summed E-state index contributed by atoms with van der Waals surface area (Å²) in [5, 5.41) is 3.16. The molecule has 0 spiro atoms. The van der Waals surface area contributed by atoms with Gasteiger partial charge in [-0.05, 0) is 18.6 Å². The second kappa shape index (κ2) is 4.85. The molecular formula is C9H13N2. The van der Waals surface area contributed by atoms with Crippen LogP contribution in [-0.2, 0) is 6.54 Å². The maximum atomic E-state index is 4.17. The molecule has 1 aromatic rings. The molecule has 0 aliphatic rings. The summed E-state index contributed by atoms with van der Waals surface area (Å²) in [7, 11) is 0. The molecule has 0 aliphatic heterocycles. The van der Waals surface area contributed by atoms with Crippen LogP contribution in [0.15, 0.2) is 24.4 Å². The van der Waals surface area contributed by atoms with Gasteiger partial charge >= 0.3 is 0 Å². The molecule has 2 heteroatoms. The van der Waals surface area contributed by atoms with Crippen molar-refractivity contribution in [1.82, 2.24) is 10.3 Å². The Balaban J connectivity index is 2.28. The van der Waals surface area contributed by atoms with E-state index in [4.69, 9.17) is 0 Å². The Hall–Kier alpha value is -0.890. The van der Waals surface area contributed by atoms with Gasteiger partial charge in [0, 0.05) is 19.3 Å². The topological polar surface area (TPSA) is 24.9 Å². The number of rotatable bonds is 4. The second-order valence-corrected chi connectivity index (χ2v) is 2.31. The van der Waals surface area contributed by atoms with E-state index in [9.17, 15) is 0 Å². The zero-order valence-electron chi connectivity index (χ0n) is 6.75. The van der Waals surface area contributed by atoms with E-state index in [2.05, 4.69) is 17.2 Å². The number of hydrogen-bond donors (Lipinski definition) is 1. The highest BCUT2D eigenvalue weighted by Gasteiger charge is 1.89. The average molecular weight is 149 g/mol. The summed E-state index contributed by atoms with van der Waals surface area (Å²) >= 11 is 0. The van der Waals surface area contributed by atoms with Crippen molar-refractivity contribution >= 4 is 0 Å². The molecule has 0 aromatic carbocycles. The maximum absolute atomic E-state index is 4.17. The lowest BCUT2D eigenvalue weighted by Crippen LogP contribution is -2.09. The number of pyridine rings is 1. The van der Waals surface area contributed by atoms with Crippen molar-refractivity contribution in [1.29, 1.82) is 0 Å². The van der Waals surface area contributed by atoms with E-state index in [1.807, 2.05) is 30.9 Å². The highest BCUT2D eigenvalue weighted by molar-refractivity contribution is 5.03. The molecule has 1 aromatic heterocycles. The molecule has 0 saturated carbocycles. The molecule has 1 heterocycles. The van der Waals surface area contributed by atoms with Crippen molar-refractivity contribution in [3.8, 4) is 0 Å². The zero-order chi connectivity index (χ0) is 7.94. The van der Waals surface area contributed by atoms with Crippen molar-refractivity contribution in [2.75, 3.05) is 0 Å². The van der Waals surface area contributed by atoms with E-state index < -0.39 is 0 Å². The standard InChI is InChI=1S/C9H13N2/c1-2-6-10-8-9-5-3-4-7-11-9/h3-7,10H,2,8H2,1H3. The third-order valence-electron chi connectivity index (χ3n) is 1.36. The van der Waals surface area contributed by atoms with Gasteiger partial charge in [0.1, 0.15) is 0 Å². The molecule has 0 unspecified atom stereocenters. The van der Waals surface area contributed by atoms with E-state index >= 15 is 0 Å². The predicted molar refractivity (Wildman–Crippen MR) is 45.7 cm³/mol. The summed E-state index contributed by atoms with van der Waals surface area (Å²) in [5.74, 6) is 0. The Kier molecular flexibility index (Phi) is 3.62. The van der Waals surface area contributed by atoms with Crippen molar-refractivity contribution in [3.63, 3.8) is 0 Å². The van der Waals surface area contributed by atoms with E-state index in [1.165, 1.54) is 0 Å². The van der Waals surface area contributed by atoms with E-state index in [0.29, 0.717) is 0 Å². The van der Waals surface area contributed by atoms with Crippen LogP contribution in [0.2, 0.25) is 0 Å². The first kappa shape index (κ1) is 8.21. The first-order valence-corrected chi connectivity index (χ1v) is 3.88. The molecule has 0 aliphatic carbocycles. The highest BCUT2D eigenvalue weighted by atomic mass is 14.9. The number of nitrogens with zero attached hydrogens (tertiary/aromatic N) is 1. The monoisotopic (exact) mass is 149 g/mol. The second-order valence-electron chi connectivity index (χ2n) is 2.31. The summed E-state index contributed by atoms with van der Waals surface area (Å²) in [4.78, 5) is 4.17. The quantitative estimate of drug-likeness (QED) is 0.659. The van der Waals surface area contributed by atoms with Crippen molar-refractivity contribution in [2.45, 2.75) is 19.9 Å². The molecular weight excluding hydrogens is 136 g/mol. The summed E-state index contributed by atoms with van der Waals surface area (Å²) in [5.41, 5.74) is 1.08. The van der Waals surface area contributed by atoms with Gasteiger partial charge < -0.3 is 5.32 Å². The highest BCUT2D eigenvalue weighted by Crippen LogP contribution is 1.92. The Morgan fingerprint density at radius 2 is 2.45 bits per heavy atom. The van der Waals surface area contributed by atoms with Gasteiger partial charge in [0.25, 0.3) is 0 Å². The molecule has 1 rings (SSSR count). The lowest BCUT2D eigenvalue weighted by atomic mass is 10.3. The van der Waals surface area contributed by atoms with Crippen LogP contribution >= 0.6 is 0 Å². The number of hydrogen-bond acceptors (Lipinski definition) is 2. The maximum Gasteiger partial charge on any atom is 0.0541 e. The minimum absolute atomic E-state index is 0.828. The Bertz CT molecular complexity index is 184. The lowest BCUT2D eigenvalue weighted by Gasteiger charge is -1.99. The summed E-state index contributed by atoms with van der Waals surface area (Å²) < 4.78 is 0. The van der Waals surface area contributed by atoms with Crippen LogP contribution in [0.3, 0.4) is 0 Å². The lowest BCUT2D eigenvalue weighted by molar-refractivity contribution is 0.746. The van der Waals surface area contributed by atoms with Gasteiger partial charge in [-0.25, -0.2) is 0 Å². The van der Waals surface area contributed by atoms with E-state index in [0.717, 1.165) is 18.7 Å². The van der Waals surface area contributed by atoms with E-state index in [-0.39, 0.29) is 0 Å². The average Bonchev–Trinajstić information content (AvgIpc) is 2.07. The summed E-state index contributed by atoms with van der Waals surface area (Å²) in [6.45, 7) is 4.97. The molecule has 1 N–H and O–H groups in total. The summed E-state index contributed by atoms with van der Waals surface area (Å²) in [6.07, 6.45) is 2.86. The fourth-order valence-corrected chi connectivity index (χ4v) is 0.824. The minimum Gasteiger partial charge on any atom is -0.307 e. The van der Waals surface area contributed by atoms with Crippen LogP contribution in [0.5, 0.6) is 0 Å². The van der Waals surface area contributed by atoms with Crippen molar-refractivity contribution in [2.24, 2.45) is 0 Å². The molecule has 59 valence electrons. The molecule has 2 nitrogen and oxygen atoms in total. The van der Waals surface area contributed by atoms with Crippen LogP contribution in [0.25, 0.3) is 0 Å². The molecule has 0 amide bonds. The Labute approximate surface area is 67.7 Å². The van der Waals surface area contributed by atoms with Gasteiger partial charge in [0.05, 0.1) is 5.69 Å². The largest absolute Gasteiger partial charge is 0.307 e. The van der Waals surface area contributed by atoms with Crippen LogP contribution < -0.4 is 5.32 Å². The normalized spacial score (nSPS) is 9.91. The smallest absolute Gasteiger partial charge is 0.0541 e. The molecule has 0 saturated heterocycles. The molecule has 0 bridgehead atoms. The first-order chi connectivity index (χ1) is 5.43. The minimum atomic E-state index is 0.828. The molecule has 0 fully saturated rings. The fourth-order valence-electron chi connectivity index (χ4n) is 0.824. The van der Waals surface area contributed by atoms with Gasteiger partial charge in [-0.3, -0.25) is 4.98 Å². The van der Waals surface area contributed by atoms with Gasteiger partial charge in [-0.15, -0.1) is 0 Å².